The second-order valence-electron chi connectivity index (χ2n) is 6.98. The number of amides is 1. The number of hydrogen-bond donors (Lipinski definition) is 0. The molecule has 0 radical (unpaired) electrons. The molecule has 5 heteroatoms. The zero-order valence-electron chi connectivity index (χ0n) is 14.9. The summed E-state index contributed by atoms with van der Waals surface area (Å²) in [5.41, 5.74) is 2.47. The van der Waals surface area contributed by atoms with Crippen molar-refractivity contribution in [2.45, 2.75) is 29.5 Å². The normalized spacial score (nSPS) is 21.5. The van der Waals surface area contributed by atoms with Crippen LogP contribution >= 0.6 is 23.4 Å². The number of benzene rings is 2. The van der Waals surface area contributed by atoms with Gasteiger partial charge in [0.25, 0.3) is 0 Å². The van der Waals surface area contributed by atoms with Gasteiger partial charge in [0.2, 0.25) is 5.91 Å². The van der Waals surface area contributed by atoms with Crippen LogP contribution in [0.5, 0.6) is 0 Å². The number of halogens is 1. The summed E-state index contributed by atoms with van der Waals surface area (Å²) in [6.07, 6.45) is 0.857. The van der Waals surface area contributed by atoms with Crippen LogP contribution in [-0.2, 0) is 11.2 Å². The first kappa shape index (κ1) is 17.9. The molecule has 0 spiro atoms. The minimum atomic E-state index is 0.0416. The summed E-state index contributed by atoms with van der Waals surface area (Å²) in [5, 5.41) is 0.860. The van der Waals surface area contributed by atoms with E-state index in [0.29, 0.717) is 0 Å². The Hall–Kier alpha value is -1.49. The molecule has 4 rings (SSSR count). The second-order valence-corrected chi connectivity index (χ2v) is 8.63. The lowest BCUT2D eigenvalue weighted by Crippen LogP contribution is -2.51. The number of carbonyl (C=O) groups excluding carboxylic acids is 1. The first-order valence-electron chi connectivity index (χ1n) is 9.15. The SMILES string of the molecule is CC(c1ccccc1Cl)N1CCN(C(=O)C2Cc3ccccc3S2)CC1. The van der Waals surface area contributed by atoms with Crippen LogP contribution in [0.2, 0.25) is 5.02 Å². The highest BCUT2D eigenvalue weighted by Crippen LogP contribution is 2.38. The summed E-state index contributed by atoms with van der Waals surface area (Å²) in [7, 11) is 0. The zero-order valence-corrected chi connectivity index (χ0v) is 16.5. The van der Waals surface area contributed by atoms with E-state index in [2.05, 4.69) is 36.1 Å². The lowest BCUT2D eigenvalue weighted by atomic mass is 10.1. The van der Waals surface area contributed by atoms with E-state index in [1.807, 2.05) is 29.2 Å². The van der Waals surface area contributed by atoms with Gasteiger partial charge in [0, 0.05) is 42.1 Å². The third-order valence-electron chi connectivity index (χ3n) is 5.45. The standard InChI is InChI=1S/C21H23ClN2OS/c1-15(17-7-3-4-8-18(17)22)23-10-12-24(13-11-23)21(25)20-14-16-6-2-5-9-19(16)26-20/h2-9,15,20H,10-14H2,1H3. The molecule has 2 atom stereocenters. The van der Waals surface area contributed by atoms with E-state index in [9.17, 15) is 4.79 Å². The van der Waals surface area contributed by atoms with Gasteiger partial charge in [-0.15, -0.1) is 11.8 Å². The fourth-order valence-corrected chi connectivity index (χ4v) is 5.44. The van der Waals surface area contributed by atoms with Crippen LogP contribution in [0.4, 0.5) is 0 Å². The number of fused-ring (bicyclic) bond motifs is 1. The van der Waals surface area contributed by atoms with Crippen molar-refractivity contribution in [3.8, 4) is 0 Å². The van der Waals surface area contributed by atoms with Gasteiger partial charge in [-0.25, -0.2) is 0 Å². The van der Waals surface area contributed by atoms with Crippen LogP contribution in [-0.4, -0.2) is 47.1 Å². The molecule has 2 aromatic carbocycles. The van der Waals surface area contributed by atoms with Gasteiger partial charge in [-0.05, 0) is 36.6 Å². The number of piperazine rings is 1. The quantitative estimate of drug-likeness (QED) is 0.787. The van der Waals surface area contributed by atoms with Gasteiger partial charge >= 0.3 is 0 Å². The Kier molecular flexibility index (Phi) is 5.25. The molecule has 0 aliphatic carbocycles. The predicted octanol–water partition coefficient (Wildman–Crippen LogP) is 4.26. The highest BCUT2D eigenvalue weighted by atomic mass is 35.5. The Morgan fingerprint density at radius 3 is 2.50 bits per heavy atom. The Bertz CT molecular complexity index is 779. The van der Waals surface area contributed by atoms with Crippen molar-refractivity contribution in [1.82, 2.24) is 9.80 Å². The Morgan fingerprint density at radius 2 is 1.77 bits per heavy atom. The fraction of sp³-hybridized carbons (Fsp3) is 0.381. The van der Waals surface area contributed by atoms with Crippen LogP contribution in [0, 0.1) is 0 Å². The van der Waals surface area contributed by atoms with E-state index < -0.39 is 0 Å². The molecule has 2 aliphatic rings. The Morgan fingerprint density at radius 1 is 1.08 bits per heavy atom. The Balaban J connectivity index is 1.35. The molecule has 2 heterocycles. The van der Waals surface area contributed by atoms with Gasteiger partial charge in [0.15, 0.2) is 0 Å². The first-order chi connectivity index (χ1) is 12.6. The molecular formula is C21H23ClN2OS. The monoisotopic (exact) mass is 386 g/mol. The maximum atomic E-state index is 12.9. The van der Waals surface area contributed by atoms with Crippen molar-refractivity contribution in [3.05, 3.63) is 64.7 Å². The molecule has 136 valence electrons. The molecule has 1 fully saturated rings. The zero-order chi connectivity index (χ0) is 18.1. The highest BCUT2D eigenvalue weighted by Gasteiger charge is 2.33. The van der Waals surface area contributed by atoms with E-state index in [4.69, 9.17) is 11.6 Å². The lowest BCUT2D eigenvalue weighted by Gasteiger charge is -2.39. The Labute approximate surface area is 164 Å². The van der Waals surface area contributed by atoms with Crippen LogP contribution in [0.1, 0.15) is 24.1 Å². The molecular weight excluding hydrogens is 364 g/mol. The van der Waals surface area contributed by atoms with Gasteiger partial charge in [-0.3, -0.25) is 9.69 Å². The van der Waals surface area contributed by atoms with Crippen molar-refractivity contribution in [2.24, 2.45) is 0 Å². The average molecular weight is 387 g/mol. The molecule has 2 aromatic rings. The third-order valence-corrected chi connectivity index (χ3v) is 7.10. The topological polar surface area (TPSA) is 23.6 Å². The minimum absolute atomic E-state index is 0.0416. The van der Waals surface area contributed by atoms with E-state index in [0.717, 1.165) is 43.2 Å². The lowest BCUT2D eigenvalue weighted by molar-refractivity contribution is -0.132. The van der Waals surface area contributed by atoms with Crippen molar-refractivity contribution >= 4 is 29.3 Å². The third kappa shape index (κ3) is 3.51. The first-order valence-corrected chi connectivity index (χ1v) is 10.4. The van der Waals surface area contributed by atoms with Crippen molar-refractivity contribution in [3.63, 3.8) is 0 Å². The summed E-state index contributed by atoms with van der Waals surface area (Å²) in [5.74, 6) is 0.288. The van der Waals surface area contributed by atoms with Crippen LogP contribution < -0.4 is 0 Å². The summed E-state index contributed by atoms with van der Waals surface area (Å²) in [6.45, 7) is 5.56. The molecule has 3 nitrogen and oxygen atoms in total. The van der Waals surface area contributed by atoms with Gasteiger partial charge in [-0.2, -0.15) is 0 Å². The maximum Gasteiger partial charge on any atom is 0.236 e. The summed E-state index contributed by atoms with van der Waals surface area (Å²) >= 11 is 8.08. The average Bonchev–Trinajstić information content (AvgIpc) is 3.11. The summed E-state index contributed by atoms with van der Waals surface area (Å²) < 4.78 is 0. The molecule has 1 saturated heterocycles. The van der Waals surface area contributed by atoms with E-state index in [1.54, 1.807) is 11.8 Å². The van der Waals surface area contributed by atoms with E-state index >= 15 is 0 Å². The number of hydrogen-bond acceptors (Lipinski definition) is 3. The molecule has 0 aromatic heterocycles. The molecule has 2 unspecified atom stereocenters. The molecule has 1 amide bonds. The van der Waals surface area contributed by atoms with Gasteiger partial charge in [0.1, 0.15) is 0 Å². The van der Waals surface area contributed by atoms with Gasteiger partial charge < -0.3 is 4.90 Å². The van der Waals surface area contributed by atoms with Gasteiger partial charge in [0.05, 0.1) is 5.25 Å². The fourth-order valence-electron chi connectivity index (χ4n) is 3.86. The number of rotatable bonds is 3. The highest BCUT2D eigenvalue weighted by molar-refractivity contribution is 8.01. The molecule has 0 N–H and O–H groups in total. The second kappa shape index (κ2) is 7.63. The minimum Gasteiger partial charge on any atom is -0.339 e. The van der Waals surface area contributed by atoms with Crippen molar-refractivity contribution in [1.29, 1.82) is 0 Å². The maximum absolute atomic E-state index is 12.9. The largest absolute Gasteiger partial charge is 0.339 e. The van der Waals surface area contributed by atoms with Crippen LogP contribution in [0.25, 0.3) is 0 Å². The summed E-state index contributed by atoms with van der Waals surface area (Å²) in [4.78, 5) is 18.7. The predicted molar refractivity (Wildman–Crippen MR) is 108 cm³/mol. The summed E-state index contributed by atoms with van der Waals surface area (Å²) in [6, 6.07) is 16.7. The van der Waals surface area contributed by atoms with Crippen LogP contribution in [0.3, 0.4) is 0 Å². The number of nitrogens with zero attached hydrogens (tertiary/aromatic N) is 2. The molecule has 2 aliphatic heterocycles. The molecule has 0 saturated carbocycles. The molecule has 0 bridgehead atoms. The number of carbonyl (C=O) groups is 1. The molecule has 26 heavy (non-hydrogen) atoms. The number of thioether (sulfide) groups is 1. The van der Waals surface area contributed by atoms with E-state index in [1.165, 1.54) is 10.5 Å². The smallest absolute Gasteiger partial charge is 0.236 e. The van der Waals surface area contributed by atoms with E-state index in [-0.39, 0.29) is 17.2 Å². The van der Waals surface area contributed by atoms with Gasteiger partial charge in [-0.1, -0.05) is 48.0 Å². The van der Waals surface area contributed by atoms with Crippen molar-refractivity contribution < 1.29 is 4.79 Å². The van der Waals surface area contributed by atoms with Crippen LogP contribution in [0.15, 0.2) is 53.4 Å². The van der Waals surface area contributed by atoms with Crippen molar-refractivity contribution in [2.75, 3.05) is 26.2 Å².